The Bertz CT molecular complexity index is 304. The van der Waals surface area contributed by atoms with Gasteiger partial charge >= 0.3 is 5.97 Å². The van der Waals surface area contributed by atoms with Gasteiger partial charge in [0.25, 0.3) is 0 Å². The largest absolute Gasteiger partial charge is 0.481 e. The molecule has 1 rings (SSSR count). The van der Waals surface area contributed by atoms with Crippen LogP contribution >= 0.6 is 0 Å². The predicted molar refractivity (Wildman–Crippen MR) is 51.0 cm³/mol. The summed E-state index contributed by atoms with van der Waals surface area (Å²) in [6, 6.07) is 0. The van der Waals surface area contributed by atoms with Crippen LogP contribution in [0, 0.1) is 5.92 Å². The van der Waals surface area contributed by atoms with Crippen molar-refractivity contribution in [1.82, 2.24) is 5.16 Å². The first-order chi connectivity index (χ1) is 6.59. The molecule has 1 N–H and O–H groups in total. The van der Waals surface area contributed by atoms with Crippen LogP contribution < -0.4 is 0 Å². The zero-order valence-electron chi connectivity index (χ0n) is 8.49. The fraction of sp³-hybridized carbons (Fsp3) is 0.600. The summed E-state index contributed by atoms with van der Waals surface area (Å²) >= 11 is 0. The molecule has 0 radical (unpaired) electrons. The fourth-order valence-electron chi connectivity index (χ4n) is 1.32. The molecule has 4 nitrogen and oxygen atoms in total. The number of aromatic nitrogens is 1. The number of carboxylic acids is 1. The van der Waals surface area contributed by atoms with Gasteiger partial charge in [-0.15, -0.1) is 0 Å². The number of aryl methyl sites for hydroxylation is 1. The van der Waals surface area contributed by atoms with E-state index in [9.17, 15) is 4.79 Å². The first kappa shape index (κ1) is 10.8. The molecule has 0 spiro atoms. The van der Waals surface area contributed by atoms with Crippen molar-refractivity contribution in [2.75, 3.05) is 0 Å². The van der Waals surface area contributed by atoms with Crippen LogP contribution in [0.2, 0.25) is 0 Å². The van der Waals surface area contributed by atoms with Gasteiger partial charge in [0.15, 0.2) is 0 Å². The fourth-order valence-corrected chi connectivity index (χ4v) is 1.32. The molecule has 0 aliphatic rings. The molecular formula is C10H15NO3. The summed E-state index contributed by atoms with van der Waals surface area (Å²) in [7, 11) is 0. The Kier molecular flexibility index (Phi) is 3.68. The Hall–Kier alpha value is -1.32. The molecule has 0 fully saturated rings. The van der Waals surface area contributed by atoms with Crippen molar-refractivity contribution >= 4 is 5.97 Å². The molecule has 4 heteroatoms. The topological polar surface area (TPSA) is 63.3 Å². The number of hydrogen-bond acceptors (Lipinski definition) is 3. The highest BCUT2D eigenvalue weighted by Crippen LogP contribution is 2.14. The molecule has 0 saturated heterocycles. The van der Waals surface area contributed by atoms with Crippen LogP contribution in [0.4, 0.5) is 0 Å². The molecule has 0 aliphatic carbocycles. The predicted octanol–water partition coefficient (Wildman–Crippen LogP) is 1.89. The van der Waals surface area contributed by atoms with Crippen LogP contribution in [0.1, 0.15) is 31.5 Å². The highest BCUT2D eigenvalue weighted by molar-refractivity contribution is 5.67. The van der Waals surface area contributed by atoms with E-state index in [4.69, 9.17) is 9.63 Å². The maximum Gasteiger partial charge on any atom is 0.303 e. The summed E-state index contributed by atoms with van der Waals surface area (Å²) in [5, 5.41) is 12.3. The summed E-state index contributed by atoms with van der Waals surface area (Å²) < 4.78 is 4.84. The third kappa shape index (κ3) is 3.20. The standard InChI is InChI=1S/C10H15NO3/c1-7(2)5-8-6-14-11-9(8)3-4-10(12)13/h6-7H,3-5H2,1-2H3,(H,12,13). The summed E-state index contributed by atoms with van der Waals surface area (Å²) in [6.45, 7) is 4.21. The average molecular weight is 197 g/mol. The highest BCUT2D eigenvalue weighted by atomic mass is 16.5. The monoisotopic (exact) mass is 197 g/mol. The lowest BCUT2D eigenvalue weighted by Crippen LogP contribution is -2.01. The minimum atomic E-state index is -0.802. The number of carboxylic acid groups (broad SMARTS) is 1. The summed E-state index contributed by atoms with van der Waals surface area (Å²) in [6.07, 6.45) is 3.06. The number of hydrogen-bond donors (Lipinski definition) is 1. The normalized spacial score (nSPS) is 10.8. The van der Waals surface area contributed by atoms with Crippen molar-refractivity contribution in [3.8, 4) is 0 Å². The molecule has 0 aromatic carbocycles. The van der Waals surface area contributed by atoms with E-state index in [0.717, 1.165) is 17.7 Å². The zero-order valence-corrected chi connectivity index (χ0v) is 8.49. The molecule has 0 unspecified atom stereocenters. The smallest absolute Gasteiger partial charge is 0.303 e. The van der Waals surface area contributed by atoms with Gasteiger partial charge in [-0.3, -0.25) is 4.79 Å². The maximum atomic E-state index is 10.4. The van der Waals surface area contributed by atoms with Gasteiger partial charge in [0.05, 0.1) is 12.1 Å². The quantitative estimate of drug-likeness (QED) is 0.782. The van der Waals surface area contributed by atoms with E-state index in [0.29, 0.717) is 12.3 Å². The van der Waals surface area contributed by atoms with Crippen molar-refractivity contribution < 1.29 is 14.4 Å². The van der Waals surface area contributed by atoms with Gasteiger partial charge in [-0.25, -0.2) is 0 Å². The van der Waals surface area contributed by atoms with Gasteiger partial charge < -0.3 is 9.63 Å². The van der Waals surface area contributed by atoms with Crippen LogP contribution in [0.25, 0.3) is 0 Å². The number of carbonyl (C=O) groups is 1. The molecule has 1 heterocycles. The molecule has 0 atom stereocenters. The van der Waals surface area contributed by atoms with Crippen LogP contribution in [-0.2, 0) is 17.6 Å². The SMILES string of the molecule is CC(C)Cc1conc1CCC(=O)O. The third-order valence-electron chi connectivity index (χ3n) is 1.93. The Morgan fingerprint density at radius 3 is 2.93 bits per heavy atom. The van der Waals surface area contributed by atoms with Crippen molar-refractivity contribution in [3.05, 3.63) is 17.5 Å². The lowest BCUT2D eigenvalue weighted by molar-refractivity contribution is -0.136. The Morgan fingerprint density at radius 2 is 2.36 bits per heavy atom. The van der Waals surface area contributed by atoms with Crippen LogP contribution in [0.3, 0.4) is 0 Å². The number of nitrogens with zero attached hydrogens (tertiary/aromatic N) is 1. The van der Waals surface area contributed by atoms with Gasteiger partial charge in [-0.05, 0) is 12.3 Å². The van der Waals surface area contributed by atoms with E-state index in [1.807, 2.05) is 0 Å². The minimum Gasteiger partial charge on any atom is -0.481 e. The van der Waals surface area contributed by atoms with Gasteiger partial charge in [0.2, 0.25) is 0 Å². The molecule has 0 saturated carbocycles. The van der Waals surface area contributed by atoms with Crippen molar-refractivity contribution in [3.63, 3.8) is 0 Å². The first-order valence-electron chi connectivity index (χ1n) is 4.73. The molecular weight excluding hydrogens is 182 g/mol. The van der Waals surface area contributed by atoms with E-state index >= 15 is 0 Å². The number of aliphatic carboxylic acids is 1. The molecule has 0 amide bonds. The second kappa shape index (κ2) is 4.79. The average Bonchev–Trinajstić information content (AvgIpc) is 2.47. The van der Waals surface area contributed by atoms with Crippen molar-refractivity contribution in [2.24, 2.45) is 5.92 Å². The summed E-state index contributed by atoms with van der Waals surface area (Å²) in [5.74, 6) is -0.276. The van der Waals surface area contributed by atoms with E-state index in [1.165, 1.54) is 0 Å². The second-order valence-corrected chi connectivity index (χ2v) is 3.78. The number of rotatable bonds is 5. The van der Waals surface area contributed by atoms with Crippen LogP contribution in [0.15, 0.2) is 10.8 Å². The van der Waals surface area contributed by atoms with Gasteiger partial charge in [-0.2, -0.15) is 0 Å². The summed E-state index contributed by atoms with van der Waals surface area (Å²) in [4.78, 5) is 10.4. The van der Waals surface area contributed by atoms with E-state index in [2.05, 4.69) is 19.0 Å². The van der Waals surface area contributed by atoms with E-state index in [1.54, 1.807) is 6.26 Å². The van der Waals surface area contributed by atoms with Gasteiger partial charge in [-0.1, -0.05) is 19.0 Å². The Balaban J connectivity index is 2.58. The first-order valence-corrected chi connectivity index (χ1v) is 4.73. The lowest BCUT2D eigenvalue weighted by atomic mass is 10.0. The van der Waals surface area contributed by atoms with E-state index in [-0.39, 0.29) is 6.42 Å². The zero-order chi connectivity index (χ0) is 10.6. The highest BCUT2D eigenvalue weighted by Gasteiger charge is 2.10. The van der Waals surface area contributed by atoms with E-state index < -0.39 is 5.97 Å². The Labute approximate surface area is 82.9 Å². The minimum absolute atomic E-state index is 0.109. The van der Waals surface area contributed by atoms with Gasteiger partial charge in [0, 0.05) is 12.0 Å². The molecule has 78 valence electrons. The Morgan fingerprint density at radius 1 is 1.64 bits per heavy atom. The lowest BCUT2D eigenvalue weighted by Gasteiger charge is -2.02. The van der Waals surface area contributed by atoms with Crippen LogP contribution in [0.5, 0.6) is 0 Å². The van der Waals surface area contributed by atoms with Gasteiger partial charge in [0.1, 0.15) is 6.26 Å². The second-order valence-electron chi connectivity index (χ2n) is 3.78. The molecule has 0 aliphatic heterocycles. The molecule has 1 aromatic rings. The molecule has 1 aromatic heterocycles. The molecule has 0 bridgehead atoms. The maximum absolute atomic E-state index is 10.4. The summed E-state index contributed by atoms with van der Waals surface area (Å²) in [5.41, 5.74) is 1.81. The third-order valence-corrected chi connectivity index (χ3v) is 1.93. The van der Waals surface area contributed by atoms with Crippen molar-refractivity contribution in [2.45, 2.75) is 33.1 Å². The van der Waals surface area contributed by atoms with Crippen LogP contribution in [-0.4, -0.2) is 16.2 Å². The van der Waals surface area contributed by atoms with Crippen molar-refractivity contribution in [1.29, 1.82) is 0 Å². The molecule has 14 heavy (non-hydrogen) atoms.